The largest absolute Gasteiger partial charge is 0.508 e. The molecule has 8 heteroatoms. The summed E-state index contributed by atoms with van der Waals surface area (Å²) in [6, 6.07) is 10.8. The number of benzene rings is 2. The maximum Gasteiger partial charge on any atom is 0.295 e. The van der Waals surface area contributed by atoms with Crippen molar-refractivity contribution in [2.24, 2.45) is 0 Å². The molecule has 2 aliphatic rings. The lowest BCUT2D eigenvalue weighted by atomic mass is 9.94. The molecule has 0 bridgehead atoms. The van der Waals surface area contributed by atoms with Crippen molar-refractivity contribution in [2.45, 2.75) is 19.4 Å². The van der Waals surface area contributed by atoms with Crippen molar-refractivity contribution in [1.29, 1.82) is 0 Å². The second kappa shape index (κ2) is 10.3. The smallest absolute Gasteiger partial charge is 0.295 e. The third kappa shape index (κ3) is 4.78. The van der Waals surface area contributed by atoms with Gasteiger partial charge in [-0.05, 0) is 54.8 Å². The van der Waals surface area contributed by atoms with Crippen molar-refractivity contribution in [1.82, 2.24) is 9.80 Å². The molecular weight excluding hydrogens is 436 g/mol. The molecule has 1 amide bonds. The zero-order chi connectivity index (χ0) is 24.2. The first kappa shape index (κ1) is 23.8. The summed E-state index contributed by atoms with van der Waals surface area (Å²) in [6.07, 6.45) is 0.684. The van der Waals surface area contributed by atoms with Gasteiger partial charge in [0.15, 0.2) is 0 Å². The van der Waals surface area contributed by atoms with Crippen LogP contribution in [0.1, 0.15) is 29.2 Å². The first-order valence-electron chi connectivity index (χ1n) is 11.4. The average molecular weight is 467 g/mol. The Labute approximate surface area is 199 Å². The second-order valence-electron chi connectivity index (χ2n) is 8.58. The molecule has 0 aliphatic carbocycles. The summed E-state index contributed by atoms with van der Waals surface area (Å²) in [5.74, 6) is -0.825. The molecule has 0 spiro atoms. The number of carbonyl (C=O) groups is 2. The Balaban J connectivity index is 1.68. The number of rotatable bonds is 7. The van der Waals surface area contributed by atoms with Gasteiger partial charge in [-0.15, -0.1) is 0 Å². The highest BCUT2D eigenvalue weighted by Gasteiger charge is 2.45. The number of ketones is 1. The summed E-state index contributed by atoms with van der Waals surface area (Å²) in [6.45, 7) is 6.07. The van der Waals surface area contributed by atoms with Crippen LogP contribution in [0.5, 0.6) is 11.5 Å². The van der Waals surface area contributed by atoms with Gasteiger partial charge in [0.05, 0.1) is 31.9 Å². The monoisotopic (exact) mass is 466 g/mol. The molecule has 2 saturated heterocycles. The number of nitrogens with zero attached hydrogens (tertiary/aromatic N) is 2. The van der Waals surface area contributed by atoms with Gasteiger partial charge in [-0.25, -0.2) is 0 Å². The number of morpholine rings is 1. The SMILES string of the molecule is COc1ccc(C(O)=C2C(=O)C(=O)N(CCCN3CCOCC3)[C@@H]2c2ccc(O)cc2)cc1C. The number of hydrogen-bond acceptors (Lipinski definition) is 7. The topological polar surface area (TPSA) is 99.5 Å². The van der Waals surface area contributed by atoms with Crippen LogP contribution in [0.25, 0.3) is 5.76 Å². The van der Waals surface area contributed by atoms with Gasteiger partial charge in [-0.3, -0.25) is 14.5 Å². The molecule has 0 aromatic heterocycles. The minimum absolute atomic E-state index is 0.0478. The Morgan fingerprint density at radius 2 is 1.79 bits per heavy atom. The lowest BCUT2D eigenvalue weighted by Crippen LogP contribution is -2.38. The lowest BCUT2D eigenvalue weighted by molar-refractivity contribution is -0.140. The number of carbonyl (C=O) groups excluding carboxylic acids is 2. The van der Waals surface area contributed by atoms with Gasteiger partial charge in [-0.1, -0.05) is 12.1 Å². The Hall–Kier alpha value is -3.36. The van der Waals surface area contributed by atoms with E-state index >= 15 is 0 Å². The maximum absolute atomic E-state index is 13.1. The van der Waals surface area contributed by atoms with Crippen LogP contribution in [0.2, 0.25) is 0 Å². The van der Waals surface area contributed by atoms with Crippen molar-refractivity contribution >= 4 is 17.4 Å². The van der Waals surface area contributed by atoms with Gasteiger partial charge >= 0.3 is 0 Å². The molecule has 4 rings (SSSR count). The van der Waals surface area contributed by atoms with E-state index < -0.39 is 17.7 Å². The maximum atomic E-state index is 13.1. The van der Waals surface area contributed by atoms with E-state index in [4.69, 9.17) is 9.47 Å². The van der Waals surface area contributed by atoms with Crippen LogP contribution in [-0.2, 0) is 14.3 Å². The molecule has 0 unspecified atom stereocenters. The van der Waals surface area contributed by atoms with Gasteiger partial charge in [0.1, 0.15) is 17.3 Å². The Kier molecular flexibility index (Phi) is 7.19. The quantitative estimate of drug-likeness (QED) is 0.368. The second-order valence-corrected chi connectivity index (χ2v) is 8.58. The minimum Gasteiger partial charge on any atom is -0.508 e. The fraction of sp³-hybridized carbons (Fsp3) is 0.385. The van der Waals surface area contributed by atoms with Gasteiger partial charge in [0.25, 0.3) is 11.7 Å². The highest BCUT2D eigenvalue weighted by molar-refractivity contribution is 6.46. The van der Waals surface area contributed by atoms with Gasteiger partial charge in [0.2, 0.25) is 0 Å². The first-order valence-corrected chi connectivity index (χ1v) is 11.4. The summed E-state index contributed by atoms with van der Waals surface area (Å²) in [7, 11) is 1.56. The van der Waals surface area contributed by atoms with Crippen molar-refractivity contribution in [3.8, 4) is 11.5 Å². The highest BCUT2D eigenvalue weighted by Crippen LogP contribution is 2.40. The number of methoxy groups -OCH3 is 1. The molecule has 34 heavy (non-hydrogen) atoms. The van der Waals surface area contributed by atoms with E-state index in [1.165, 1.54) is 17.0 Å². The number of aliphatic hydroxyl groups is 1. The lowest BCUT2D eigenvalue weighted by Gasteiger charge is -2.29. The van der Waals surface area contributed by atoms with Gasteiger partial charge < -0.3 is 24.6 Å². The third-order valence-electron chi connectivity index (χ3n) is 6.39. The number of Topliss-reactive ketones (excluding diaryl/α,β-unsaturated/α-hetero) is 1. The fourth-order valence-electron chi connectivity index (χ4n) is 4.58. The van der Waals surface area contributed by atoms with Crippen LogP contribution >= 0.6 is 0 Å². The van der Waals surface area contributed by atoms with Crippen LogP contribution in [0.15, 0.2) is 48.0 Å². The molecule has 0 saturated carbocycles. The molecule has 2 fully saturated rings. The molecule has 2 aliphatic heterocycles. The Bertz CT molecular complexity index is 1090. The summed E-state index contributed by atoms with van der Waals surface area (Å²) >= 11 is 0. The number of hydrogen-bond donors (Lipinski definition) is 2. The van der Waals surface area contributed by atoms with Gasteiger partial charge in [-0.2, -0.15) is 0 Å². The summed E-state index contributed by atoms with van der Waals surface area (Å²) in [5.41, 5.74) is 1.93. The number of phenols is 1. The van der Waals surface area contributed by atoms with Crippen LogP contribution in [0.3, 0.4) is 0 Å². The predicted molar refractivity (Wildman–Crippen MR) is 127 cm³/mol. The van der Waals surface area contributed by atoms with Crippen molar-refractivity contribution < 1.29 is 29.3 Å². The van der Waals surface area contributed by atoms with Gasteiger partial charge in [0, 0.05) is 31.7 Å². The molecule has 8 nitrogen and oxygen atoms in total. The van der Waals surface area contributed by atoms with E-state index in [0.717, 1.165) is 25.2 Å². The Morgan fingerprint density at radius 3 is 2.44 bits per heavy atom. The van der Waals surface area contributed by atoms with Crippen LogP contribution in [0, 0.1) is 6.92 Å². The van der Waals surface area contributed by atoms with E-state index in [0.29, 0.717) is 43.1 Å². The predicted octanol–water partition coefficient (Wildman–Crippen LogP) is 2.85. The van der Waals surface area contributed by atoms with Crippen molar-refractivity contribution in [3.63, 3.8) is 0 Å². The number of aromatic hydroxyl groups is 1. The number of amides is 1. The molecule has 1 atom stereocenters. The number of likely N-dealkylation sites (tertiary alicyclic amines) is 1. The van der Waals surface area contributed by atoms with Crippen LogP contribution in [0.4, 0.5) is 0 Å². The molecule has 2 aromatic rings. The zero-order valence-electron chi connectivity index (χ0n) is 19.5. The minimum atomic E-state index is -0.743. The first-order chi connectivity index (χ1) is 16.4. The van der Waals surface area contributed by atoms with Crippen LogP contribution < -0.4 is 4.74 Å². The summed E-state index contributed by atoms with van der Waals surface area (Å²) < 4.78 is 10.7. The normalized spacial score (nSPS) is 20.6. The fourth-order valence-corrected chi connectivity index (χ4v) is 4.58. The third-order valence-corrected chi connectivity index (χ3v) is 6.39. The van der Waals surface area contributed by atoms with Crippen molar-refractivity contribution in [2.75, 3.05) is 46.5 Å². The van der Waals surface area contributed by atoms with E-state index in [-0.39, 0.29) is 17.1 Å². The number of ether oxygens (including phenoxy) is 2. The summed E-state index contributed by atoms with van der Waals surface area (Å²) in [4.78, 5) is 30.0. The van der Waals surface area contributed by atoms with E-state index in [1.807, 2.05) is 6.92 Å². The number of phenolic OH excluding ortho intramolecular Hbond substituents is 1. The molecular formula is C26H30N2O6. The molecule has 2 aromatic carbocycles. The van der Waals surface area contributed by atoms with Crippen LogP contribution in [-0.4, -0.2) is 78.2 Å². The molecule has 180 valence electrons. The van der Waals surface area contributed by atoms with E-state index in [2.05, 4.69) is 4.90 Å². The Morgan fingerprint density at radius 1 is 1.09 bits per heavy atom. The highest BCUT2D eigenvalue weighted by atomic mass is 16.5. The van der Waals surface area contributed by atoms with E-state index in [1.54, 1.807) is 37.4 Å². The number of aliphatic hydroxyl groups excluding tert-OH is 1. The zero-order valence-corrected chi connectivity index (χ0v) is 19.5. The van der Waals surface area contributed by atoms with Crippen molar-refractivity contribution in [3.05, 3.63) is 64.7 Å². The molecule has 0 radical (unpaired) electrons. The van der Waals surface area contributed by atoms with E-state index in [9.17, 15) is 19.8 Å². The number of aryl methyl sites for hydroxylation is 1. The average Bonchev–Trinajstić information content (AvgIpc) is 3.09. The molecule has 2 heterocycles. The summed E-state index contributed by atoms with van der Waals surface area (Å²) in [5, 5.41) is 20.9. The molecule has 2 N–H and O–H groups in total. The standard InChI is InChI=1S/C26H30N2O6/c1-17-16-19(6-9-21(17)33-2)24(30)22-23(18-4-7-20(29)8-5-18)28(26(32)25(22)31)11-3-10-27-12-14-34-15-13-27/h4-9,16,23,29-30H,3,10-15H2,1-2H3/t23-/m1/s1.